The number of carbonyl (C=O) groups is 2. The van der Waals surface area contributed by atoms with E-state index >= 15 is 0 Å². The van der Waals surface area contributed by atoms with E-state index in [0.717, 1.165) is 4.90 Å². The predicted octanol–water partition coefficient (Wildman–Crippen LogP) is 1.80. The summed E-state index contributed by atoms with van der Waals surface area (Å²) in [6.07, 6.45) is -4.45. The molecule has 9 heteroatoms. The van der Waals surface area contributed by atoms with Gasteiger partial charge in [-0.15, -0.1) is 0 Å². The van der Waals surface area contributed by atoms with Crippen molar-refractivity contribution < 1.29 is 37.3 Å². The molecule has 0 fully saturated rings. The number of halogens is 3. The molecule has 0 radical (unpaired) electrons. The van der Waals surface area contributed by atoms with E-state index in [9.17, 15) is 22.8 Å². The lowest BCUT2D eigenvalue weighted by Crippen LogP contribution is -2.38. The number of carboxylic acids is 1. The van der Waals surface area contributed by atoms with Crippen LogP contribution in [0.3, 0.4) is 0 Å². The van der Waals surface area contributed by atoms with Gasteiger partial charge >= 0.3 is 12.1 Å². The number of amides is 1. The van der Waals surface area contributed by atoms with E-state index in [0.29, 0.717) is 0 Å². The van der Waals surface area contributed by atoms with Crippen molar-refractivity contribution in [3.8, 4) is 5.75 Å². The van der Waals surface area contributed by atoms with Gasteiger partial charge in [-0.3, -0.25) is 9.59 Å². The molecule has 0 saturated carbocycles. The van der Waals surface area contributed by atoms with Crippen LogP contribution in [0.4, 0.5) is 13.2 Å². The summed E-state index contributed by atoms with van der Waals surface area (Å²) in [5.74, 6) is -1.79. The van der Waals surface area contributed by atoms with Crippen LogP contribution in [0.15, 0.2) is 24.3 Å². The number of methoxy groups -OCH3 is 1. The number of aliphatic carboxylic acids is 1. The summed E-state index contributed by atoms with van der Waals surface area (Å²) in [5.41, 5.74) is 0.140. The zero-order valence-corrected chi connectivity index (χ0v) is 12.3. The van der Waals surface area contributed by atoms with Crippen LogP contribution in [0.2, 0.25) is 0 Å². The lowest BCUT2D eigenvalue weighted by Gasteiger charge is -2.20. The molecule has 0 aliphatic heterocycles. The molecular weight excluding hydrogens is 319 g/mol. The maximum Gasteiger partial charge on any atom is 0.422 e. The minimum Gasteiger partial charge on any atom is -0.484 e. The number of hydrogen-bond acceptors (Lipinski definition) is 4. The van der Waals surface area contributed by atoms with Gasteiger partial charge in [-0.1, -0.05) is 0 Å². The summed E-state index contributed by atoms with van der Waals surface area (Å²) in [7, 11) is 1.41. The molecule has 1 aromatic carbocycles. The van der Waals surface area contributed by atoms with Crippen LogP contribution in [-0.2, 0) is 9.53 Å². The van der Waals surface area contributed by atoms with Crippen molar-refractivity contribution in [2.24, 2.45) is 0 Å². The smallest absolute Gasteiger partial charge is 0.422 e. The van der Waals surface area contributed by atoms with Gasteiger partial charge in [0.05, 0.1) is 6.61 Å². The molecule has 0 atom stereocenters. The van der Waals surface area contributed by atoms with Gasteiger partial charge in [-0.2, -0.15) is 13.2 Å². The van der Waals surface area contributed by atoms with E-state index in [1.54, 1.807) is 0 Å². The Balaban J connectivity index is 2.75. The highest BCUT2D eigenvalue weighted by atomic mass is 19.4. The Morgan fingerprint density at radius 3 is 2.30 bits per heavy atom. The number of rotatable bonds is 8. The molecule has 0 heterocycles. The van der Waals surface area contributed by atoms with Crippen LogP contribution in [-0.4, -0.2) is 61.5 Å². The van der Waals surface area contributed by atoms with Crippen LogP contribution in [0.1, 0.15) is 10.4 Å². The minimum atomic E-state index is -4.45. The molecule has 0 unspecified atom stereocenters. The SMILES string of the molecule is COCCN(CC(=O)O)C(=O)c1ccc(OCC(F)(F)F)cc1. The second-order valence-corrected chi connectivity index (χ2v) is 4.54. The molecule has 128 valence electrons. The molecule has 0 spiro atoms. The van der Waals surface area contributed by atoms with E-state index in [2.05, 4.69) is 4.74 Å². The average Bonchev–Trinajstić information content (AvgIpc) is 2.48. The second kappa shape index (κ2) is 8.37. The fraction of sp³-hybridized carbons (Fsp3) is 0.429. The van der Waals surface area contributed by atoms with Crippen molar-refractivity contribution in [1.29, 1.82) is 0 Å². The highest BCUT2D eigenvalue weighted by Crippen LogP contribution is 2.19. The van der Waals surface area contributed by atoms with Gasteiger partial charge in [-0.05, 0) is 24.3 Å². The van der Waals surface area contributed by atoms with Crippen molar-refractivity contribution in [3.05, 3.63) is 29.8 Å². The highest BCUT2D eigenvalue weighted by Gasteiger charge is 2.28. The normalized spacial score (nSPS) is 11.1. The van der Waals surface area contributed by atoms with Crippen molar-refractivity contribution in [2.75, 3.05) is 33.4 Å². The van der Waals surface area contributed by atoms with Crippen LogP contribution in [0.25, 0.3) is 0 Å². The molecule has 6 nitrogen and oxygen atoms in total. The van der Waals surface area contributed by atoms with E-state index in [1.165, 1.54) is 31.4 Å². The first kappa shape index (κ1) is 18.8. The molecule has 1 aromatic rings. The number of ether oxygens (including phenoxy) is 2. The zero-order valence-electron chi connectivity index (χ0n) is 12.3. The van der Waals surface area contributed by atoms with Gasteiger partial charge in [-0.25, -0.2) is 0 Å². The van der Waals surface area contributed by atoms with E-state index in [4.69, 9.17) is 9.84 Å². The number of carbonyl (C=O) groups excluding carboxylic acids is 1. The van der Waals surface area contributed by atoms with Crippen LogP contribution in [0, 0.1) is 0 Å². The third-order valence-corrected chi connectivity index (χ3v) is 2.68. The summed E-state index contributed by atoms with van der Waals surface area (Å²) in [5, 5.41) is 8.81. The average molecular weight is 335 g/mol. The van der Waals surface area contributed by atoms with E-state index in [-0.39, 0.29) is 24.5 Å². The van der Waals surface area contributed by atoms with Gasteiger partial charge < -0.3 is 19.5 Å². The molecule has 0 aliphatic carbocycles. The Bertz CT molecular complexity index is 530. The van der Waals surface area contributed by atoms with Gasteiger partial charge in [0.1, 0.15) is 12.3 Å². The molecule has 1 amide bonds. The monoisotopic (exact) mass is 335 g/mol. The summed E-state index contributed by atoms with van der Waals surface area (Å²) in [6.45, 7) is -1.70. The topological polar surface area (TPSA) is 76.1 Å². The van der Waals surface area contributed by atoms with Crippen molar-refractivity contribution in [3.63, 3.8) is 0 Å². The number of nitrogens with zero attached hydrogens (tertiary/aromatic N) is 1. The first-order chi connectivity index (χ1) is 10.7. The molecule has 0 saturated heterocycles. The van der Waals surface area contributed by atoms with Crippen LogP contribution in [0.5, 0.6) is 5.75 Å². The molecular formula is C14H16F3NO5. The van der Waals surface area contributed by atoms with Crippen molar-refractivity contribution >= 4 is 11.9 Å². The largest absolute Gasteiger partial charge is 0.484 e. The lowest BCUT2D eigenvalue weighted by molar-refractivity contribution is -0.153. The van der Waals surface area contributed by atoms with E-state index < -0.39 is 31.2 Å². The highest BCUT2D eigenvalue weighted by molar-refractivity contribution is 5.95. The minimum absolute atomic E-state index is 0.0412. The van der Waals surface area contributed by atoms with Gasteiger partial charge in [0.15, 0.2) is 6.61 Å². The zero-order chi connectivity index (χ0) is 17.5. The number of benzene rings is 1. The van der Waals surface area contributed by atoms with Crippen LogP contribution < -0.4 is 4.74 Å². The summed E-state index contributed by atoms with van der Waals surface area (Å²) in [4.78, 5) is 24.0. The third kappa shape index (κ3) is 7.00. The standard InChI is InChI=1S/C14H16F3NO5/c1-22-7-6-18(8-12(19)20)13(21)10-2-4-11(5-3-10)23-9-14(15,16)17/h2-5H,6-9H2,1H3,(H,19,20). The molecule has 1 rings (SSSR count). The summed E-state index contributed by atoms with van der Waals surface area (Å²) >= 11 is 0. The van der Waals surface area contributed by atoms with Gasteiger partial charge in [0, 0.05) is 19.2 Å². The third-order valence-electron chi connectivity index (χ3n) is 2.68. The predicted molar refractivity (Wildman–Crippen MR) is 73.4 cm³/mol. The maximum absolute atomic E-state index is 12.2. The Morgan fingerprint density at radius 1 is 1.22 bits per heavy atom. The molecule has 0 aliphatic rings. The quantitative estimate of drug-likeness (QED) is 0.784. The van der Waals surface area contributed by atoms with Crippen molar-refractivity contribution in [1.82, 2.24) is 4.90 Å². The van der Waals surface area contributed by atoms with Gasteiger partial charge in [0.2, 0.25) is 0 Å². The first-order valence-electron chi connectivity index (χ1n) is 6.52. The molecule has 23 heavy (non-hydrogen) atoms. The summed E-state index contributed by atoms with van der Waals surface area (Å²) < 4.78 is 45.5. The Hall–Kier alpha value is -2.29. The summed E-state index contributed by atoms with van der Waals surface area (Å²) in [6, 6.07) is 4.98. The fourth-order valence-electron chi connectivity index (χ4n) is 1.66. The van der Waals surface area contributed by atoms with Crippen LogP contribution >= 0.6 is 0 Å². The van der Waals surface area contributed by atoms with Crippen molar-refractivity contribution in [2.45, 2.75) is 6.18 Å². The number of carboxylic acid groups (broad SMARTS) is 1. The molecule has 1 N–H and O–H groups in total. The Labute approximate surface area is 130 Å². The lowest BCUT2D eigenvalue weighted by atomic mass is 10.2. The maximum atomic E-state index is 12.2. The number of hydrogen-bond donors (Lipinski definition) is 1. The molecule has 0 aromatic heterocycles. The fourth-order valence-corrected chi connectivity index (χ4v) is 1.66. The Morgan fingerprint density at radius 2 is 1.83 bits per heavy atom. The second-order valence-electron chi connectivity index (χ2n) is 4.54. The number of alkyl halides is 3. The van der Waals surface area contributed by atoms with Gasteiger partial charge in [0.25, 0.3) is 5.91 Å². The first-order valence-corrected chi connectivity index (χ1v) is 6.52. The molecule has 0 bridgehead atoms. The van der Waals surface area contributed by atoms with E-state index in [1.807, 2.05) is 0 Å². The Kier molecular flexibility index (Phi) is 6.83.